The Labute approximate surface area is 191 Å². The normalized spacial score (nSPS) is 13.3. The summed E-state index contributed by atoms with van der Waals surface area (Å²) in [5.74, 6) is 1.90. The number of aromatic nitrogens is 2. The number of hydrogen-bond donors (Lipinski definition) is 1. The van der Waals surface area contributed by atoms with Crippen LogP contribution in [0.4, 0.5) is 0 Å². The first kappa shape index (κ1) is 21.0. The van der Waals surface area contributed by atoms with Gasteiger partial charge >= 0.3 is 0 Å². The number of methoxy groups -OCH3 is 2. The molecule has 168 valence electrons. The lowest BCUT2D eigenvalue weighted by molar-refractivity contribution is -0.119. The molecule has 7 nitrogen and oxygen atoms in total. The molecular formula is C26H25N3O4. The minimum absolute atomic E-state index is 0.191. The van der Waals surface area contributed by atoms with E-state index in [0.717, 1.165) is 46.0 Å². The molecule has 1 amide bonds. The average molecular weight is 444 g/mol. The summed E-state index contributed by atoms with van der Waals surface area (Å²) in [7, 11) is 3.29. The third-order valence-electron chi connectivity index (χ3n) is 5.95. The van der Waals surface area contributed by atoms with Gasteiger partial charge in [-0.05, 0) is 48.1 Å². The molecule has 1 aliphatic rings. The zero-order chi connectivity index (χ0) is 22.9. The van der Waals surface area contributed by atoms with Crippen molar-refractivity contribution in [3.8, 4) is 17.2 Å². The fourth-order valence-corrected chi connectivity index (χ4v) is 4.19. The molecule has 0 atom stereocenters. The van der Waals surface area contributed by atoms with Crippen LogP contribution in [-0.2, 0) is 11.2 Å². The predicted octanol–water partition coefficient (Wildman–Crippen LogP) is 4.13. The number of benzene rings is 2. The number of fused-ring (bicyclic) bond motifs is 2. The van der Waals surface area contributed by atoms with Gasteiger partial charge in [-0.1, -0.05) is 18.2 Å². The summed E-state index contributed by atoms with van der Waals surface area (Å²) < 4.78 is 16.7. The Morgan fingerprint density at radius 2 is 1.79 bits per heavy atom. The molecule has 2 N–H and O–H groups in total. The number of nitrogens with two attached hydrogens (primary N) is 1. The van der Waals surface area contributed by atoms with Crippen LogP contribution in [0.2, 0.25) is 0 Å². The first-order valence-corrected chi connectivity index (χ1v) is 10.9. The van der Waals surface area contributed by atoms with E-state index in [1.807, 2.05) is 42.6 Å². The Morgan fingerprint density at radius 3 is 2.48 bits per heavy atom. The number of primary amides is 1. The molecule has 0 spiro atoms. The summed E-state index contributed by atoms with van der Waals surface area (Å²) in [6.45, 7) is -0.191. The number of rotatable bonds is 8. The summed E-state index contributed by atoms with van der Waals surface area (Å²) in [5.41, 5.74) is 8.98. The number of carbonyl (C=O) groups is 1. The molecule has 0 bridgehead atoms. The minimum Gasteiger partial charge on any atom is -0.493 e. The van der Waals surface area contributed by atoms with Crippen LogP contribution in [0, 0.1) is 0 Å². The van der Waals surface area contributed by atoms with Crippen LogP contribution in [0.5, 0.6) is 17.2 Å². The van der Waals surface area contributed by atoms with Gasteiger partial charge in [0.2, 0.25) is 0 Å². The molecule has 4 aromatic rings. The Kier molecular flexibility index (Phi) is 5.46. The highest BCUT2D eigenvalue weighted by Gasteiger charge is 2.28. The quantitative estimate of drug-likeness (QED) is 0.440. The van der Waals surface area contributed by atoms with Gasteiger partial charge in [-0.25, -0.2) is 4.98 Å². The Balaban J connectivity index is 1.58. The second-order valence-corrected chi connectivity index (χ2v) is 8.26. The van der Waals surface area contributed by atoms with E-state index < -0.39 is 5.91 Å². The van der Waals surface area contributed by atoms with Gasteiger partial charge in [-0.3, -0.25) is 9.78 Å². The molecule has 0 unspecified atom stereocenters. The molecule has 0 radical (unpaired) electrons. The summed E-state index contributed by atoms with van der Waals surface area (Å²) in [5, 5.41) is 3.11. The summed E-state index contributed by atoms with van der Waals surface area (Å²) in [4.78, 5) is 20.8. The van der Waals surface area contributed by atoms with Crippen molar-refractivity contribution in [1.82, 2.24) is 9.97 Å². The number of amides is 1. The van der Waals surface area contributed by atoms with Crippen molar-refractivity contribution >= 4 is 27.6 Å². The standard InChI is InChI=1S/C26H25N3O4/c1-31-22-11-19-17(13-28-25(16-6-7-16)20(19)12-23(22)32-2)10-18-9-8-15-4-3-5-21(26(15)29-18)33-14-24(27)30/h3-5,8-9,11-13,16H,6-7,10,14H2,1-2H3,(H2,27,30). The van der Waals surface area contributed by atoms with Gasteiger partial charge in [-0.2, -0.15) is 0 Å². The Morgan fingerprint density at radius 1 is 1.03 bits per heavy atom. The molecule has 33 heavy (non-hydrogen) atoms. The number of hydrogen-bond acceptors (Lipinski definition) is 6. The van der Waals surface area contributed by atoms with Crippen molar-refractivity contribution in [2.24, 2.45) is 5.73 Å². The maximum absolute atomic E-state index is 11.2. The number of ether oxygens (including phenoxy) is 3. The lowest BCUT2D eigenvalue weighted by Gasteiger charge is -2.15. The van der Waals surface area contributed by atoms with E-state index in [-0.39, 0.29) is 6.61 Å². The zero-order valence-corrected chi connectivity index (χ0v) is 18.6. The third-order valence-corrected chi connectivity index (χ3v) is 5.95. The van der Waals surface area contributed by atoms with Gasteiger partial charge in [0.15, 0.2) is 18.1 Å². The van der Waals surface area contributed by atoms with E-state index in [1.54, 1.807) is 20.3 Å². The maximum Gasteiger partial charge on any atom is 0.255 e. The Bertz CT molecular complexity index is 1370. The van der Waals surface area contributed by atoms with Gasteiger partial charge in [0, 0.05) is 35.0 Å². The zero-order valence-electron chi connectivity index (χ0n) is 18.6. The molecule has 2 aromatic heterocycles. The summed E-state index contributed by atoms with van der Waals surface area (Å²) in [6, 6.07) is 13.7. The van der Waals surface area contributed by atoms with Crippen LogP contribution >= 0.6 is 0 Å². The second-order valence-electron chi connectivity index (χ2n) is 8.26. The maximum atomic E-state index is 11.2. The lowest BCUT2D eigenvalue weighted by atomic mass is 9.98. The SMILES string of the molecule is COc1cc2c(Cc3ccc4cccc(OCC(N)=O)c4n3)cnc(C3CC3)c2cc1OC. The van der Waals surface area contributed by atoms with E-state index in [2.05, 4.69) is 0 Å². The van der Waals surface area contributed by atoms with Crippen molar-refractivity contribution in [3.63, 3.8) is 0 Å². The van der Waals surface area contributed by atoms with Gasteiger partial charge in [0.25, 0.3) is 5.91 Å². The van der Waals surface area contributed by atoms with Gasteiger partial charge in [0.1, 0.15) is 11.3 Å². The summed E-state index contributed by atoms with van der Waals surface area (Å²) in [6.07, 6.45) is 4.86. The van der Waals surface area contributed by atoms with E-state index in [1.165, 1.54) is 0 Å². The van der Waals surface area contributed by atoms with Crippen molar-refractivity contribution < 1.29 is 19.0 Å². The molecule has 1 aliphatic carbocycles. The van der Waals surface area contributed by atoms with Gasteiger partial charge < -0.3 is 19.9 Å². The molecule has 1 fully saturated rings. The third kappa shape index (κ3) is 4.14. The largest absolute Gasteiger partial charge is 0.493 e. The number of pyridine rings is 2. The highest BCUT2D eigenvalue weighted by molar-refractivity contribution is 5.91. The van der Waals surface area contributed by atoms with Crippen molar-refractivity contribution in [2.45, 2.75) is 25.2 Å². The molecule has 5 rings (SSSR count). The van der Waals surface area contributed by atoms with Gasteiger partial charge in [0.05, 0.1) is 19.9 Å². The van der Waals surface area contributed by atoms with Crippen molar-refractivity contribution in [2.75, 3.05) is 20.8 Å². The fourth-order valence-electron chi connectivity index (χ4n) is 4.19. The van der Waals surface area contributed by atoms with Crippen molar-refractivity contribution in [3.05, 3.63) is 65.6 Å². The molecular weight excluding hydrogens is 418 g/mol. The molecule has 2 heterocycles. The lowest BCUT2D eigenvalue weighted by Crippen LogP contribution is -2.20. The highest BCUT2D eigenvalue weighted by atomic mass is 16.5. The van der Waals surface area contributed by atoms with Crippen LogP contribution in [0.15, 0.2) is 48.7 Å². The minimum atomic E-state index is -0.527. The van der Waals surface area contributed by atoms with E-state index in [0.29, 0.717) is 35.1 Å². The van der Waals surface area contributed by atoms with Crippen LogP contribution < -0.4 is 19.9 Å². The first-order valence-electron chi connectivity index (χ1n) is 10.9. The highest BCUT2D eigenvalue weighted by Crippen LogP contribution is 2.44. The second kappa shape index (κ2) is 8.58. The average Bonchev–Trinajstić information content (AvgIpc) is 3.67. The number of para-hydroxylation sites is 1. The number of nitrogens with zero attached hydrogens (tertiary/aromatic N) is 2. The van der Waals surface area contributed by atoms with Crippen LogP contribution in [0.25, 0.3) is 21.7 Å². The van der Waals surface area contributed by atoms with Crippen LogP contribution in [0.3, 0.4) is 0 Å². The molecule has 0 saturated heterocycles. The topological polar surface area (TPSA) is 96.6 Å². The predicted molar refractivity (Wildman–Crippen MR) is 126 cm³/mol. The first-order chi connectivity index (χ1) is 16.1. The van der Waals surface area contributed by atoms with E-state index in [9.17, 15) is 4.79 Å². The molecule has 1 saturated carbocycles. The molecule has 2 aromatic carbocycles. The monoisotopic (exact) mass is 443 g/mol. The molecule has 7 heteroatoms. The van der Waals surface area contributed by atoms with Gasteiger partial charge in [-0.15, -0.1) is 0 Å². The van der Waals surface area contributed by atoms with Crippen LogP contribution in [0.1, 0.15) is 35.7 Å². The van der Waals surface area contributed by atoms with E-state index >= 15 is 0 Å². The van der Waals surface area contributed by atoms with Crippen molar-refractivity contribution in [1.29, 1.82) is 0 Å². The van der Waals surface area contributed by atoms with E-state index in [4.69, 9.17) is 29.9 Å². The Hall–Kier alpha value is -3.87. The summed E-state index contributed by atoms with van der Waals surface area (Å²) >= 11 is 0. The smallest absolute Gasteiger partial charge is 0.255 e. The van der Waals surface area contributed by atoms with Crippen LogP contribution in [-0.4, -0.2) is 36.7 Å². The molecule has 0 aliphatic heterocycles. The fraction of sp³-hybridized carbons (Fsp3) is 0.269. The number of carbonyl (C=O) groups excluding carboxylic acids is 1.